The van der Waals surface area contributed by atoms with E-state index in [-0.39, 0.29) is 29.9 Å². The lowest BCUT2D eigenvalue weighted by Crippen LogP contribution is -2.52. The first kappa shape index (κ1) is 22.6. The number of amides is 1. The Morgan fingerprint density at radius 1 is 1.18 bits per heavy atom. The number of benzene rings is 1. The van der Waals surface area contributed by atoms with Gasteiger partial charge in [-0.3, -0.25) is 9.79 Å². The van der Waals surface area contributed by atoms with Crippen molar-refractivity contribution >= 4 is 41.5 Å². The number of rotatable bonds is 6. The van der Waals surface area contributed by atoms with Gasteiger partial charge in [0.15, 0.2) is 5.96 Å². The van der Waals surface area contributed by atoms with E-state index in [0.29, 0.717) is 12.2 Å². The fourth-order valence-corrected chi connectivity index (χ4v) is 3.70. The molecule has 2 aliphatic heterocycles. The summed E-state index contributed by atoms with van der Waals surface area (Å²) in [5.74, 6) is 1.57. The van der Waals surface area contributed by atoms with E-state index in [9.17, 15) is 9.90 Å². The Kier molecular flexibility index (Phi) is 9.14. The van der Waals surface area contributed by atoms with Crippen molar-refractivity contribution < 1.29 is 9.90 Å². The van der Waals surface area contributed by atoms with Crippen molar-refractivity contribution in [3.05, 3.63) is 24.3 Å². The van der Waals surface area contributed by atoms with E-state index in [4.69, 9.17) is 4.99 Å². The second-order valence-electron chi connectivity index (χ2n) is 7.04. The molecule has 0 radical (unpaired) electrons. The lowest BCUT2D eigenvalue weighted by Gasteiger charge is -2.37. The van der Waals surface area contributed by atoms with Gasteiger partial charge in [-0.2, -0.15) is 0 Å². The number of carbonyl (C=O) groups is 1. The maximum atomic E-state index is 11.7. The van der Waals surface area contributed by atoms with Crippen LogP contribution in [0.4, 0.5) is 5.69 Å². The highest BCUT2D eigenvalue weighted by atomic mass is 127. The smallest absolute Gasteiger partial charge is 0.222 e. The van der Waals surface area contributed by atoms with Crippen molar-refractivity contribution in [3.63, 3.8) is 0 Å². The molecule has 0 unspecified atom stereocenters. The number of aliphatic imine (C=N–C) groups is 1. The molecule has 8 heteroatoms. The van der Waals surface area contributed by atoms with Crippen molar-refractivity contribution in [2.45, 2.75) is 26.2 Å². The standard InChI is InChI=1S/C20H31N5O2.HI/c1-2-21-20(22-10-6-12-24-11-5-9-19(24)27)25-15-13-23(14-16-25)17-7-3-4-8-18(17)26;/h3-4,7-8,26H,2,5-6,9-16H2,1H3,(H,21,22);1H. The van der Waals surface area contributed by atoms with Gasteiger partial charge in [-0.1, -0.05) is 12.1 Å². The molecule has 1 aromatic rings. The molecule has 1 amide bonds. The number of carbonyl (C=O) groups excluding carboxylic acids is 1. The molecule has 2 fully saturated rings. The summed E-state index contributed by atoms with van der Waals surface area (Å²) < 4.78 is 0. The van der Waals surface area contributed by atoms with Gasteiger partial charge in [0.2, 0.25) is 5.91 Å². The van der Waals surface area contributed by atoms with Crippen LogP contribution in [-0.4, -0.2) is 79.1 Å². The van der Waals surface area contributed by atoms with E-state index in [2.05, 4.69) is 22.0 Å². The number of hydrogen-bond donors (Lipinski definition) is 2. The lowest BCUT2D eigenvalue weighted by molar-refractivity contribution is -0.127. The fraction of sp³-hybridized carbons (Fsp3) is 0.600. The Bertz CT molecular complexity index is 662. The lowest BCUT2D eigenvalue weighted by atomic mass is 10.2. The van der Waals surface area contributed by atoms with E-state index >= 15 is 0 Å². The summed E-state index contributed by atoms with van der Waals surface area (Å²) in [5.41, 5.74) is 0.898. The first-order valence-electron chi connectivity index (χ1n) is 10.0. The summed E-state index contributed by atoms with van der Waals surface area (Å²) in [4.78, 5) is 22.9. The van der Waals surface area contributed by atoms with Crippen molar-refractivity contribution in [2.24, 2.45) is 4.99 Å². The molecule has 2 N–H and O–H groups in total. The Morgan fingerprint density at radius 2 is 1.93 bits per heavy atom. The third-order valence-corrected chi connectivity index (χ3v) is 5.16. The van der Waals surface area contributed by atoms with E-state index < -0.39 is 0 Å². The van der Waals surface area contributed by atoms with Crippen LogP contribution < -0.4 is 10.2 Å². The first-order valence-corrected chi connectivity index (χ1v) is 10.0. The van der Waals surface area contributed by atoms with Gasteiger partial charge in [0.25, 0.3) is 0 Å². The van der Waals surface area contributed by atoms with Crippen LogP contribution in [0.1, 0.15) is 26.2 Å². The molecule has 0 aliphatic carbocycles. The third kappa shape index (κ3) is 5.89. The zero-order valence-electron chi connectivity index (χ0n) is 16.6. The zero-order chi connectivity index (χ0) is 19.1. The predicted molar refractivity (Wildman–Crippen MR) is 124 cm³/mol. The fourth-order valence-electron chi connectivity index (χ4n) is 3.70. The molecule has 0 aromatic heterocycles. The van der Waals surface area contributed by atoms with Gasteiger partial charge in [-0.25, -0.2) is 0 Å². The quantitative estimate of drug-likeness (QED) is 0.271. The second kappa shape index (κ2) is 11.3. The number of phenolic OH excluding ortho intramolecular Hbond substituents is 1. The minimum Gasteiger partial charge on any atom is -0.506 e. The highest BCUT2D eigenvalue weighted by Crippen LogP contribution is 2.27. The number of hydrogen-bond acceptors (Lipinski definition) is 4. The first-order chi connectivity index (χ1) is 13.2. The van der Waals surface area contributed by atoms with Crippen LogP contribution >= 0.6 is 24.0 Å². The van der Waals surface area contributed by atoms with E-state index in [1.165, 1.54) is 0 Å². The number of aromatic hydroxyl groups is 1. The number of nitrogens with one attached hydrogen (secondary N) is 1. The zero-order valence-corrected chi connectivity index (χ0v) is 19.0. The molecule has 0 saturated carbocycles. The number of para-hydroxylation sites is 2. The highest BCUT2D eigenvalue weighted by Gasteiger charge is 2.22. The van der Waals surface area contributed by atoms with Crippen LogP contribution in [-0.2, 0) is 4.79 Å². The van der Waals surface area contributed by atoms with Gasteiger partial charge in [0, 0.05) is 58.8 Å². The summed E-state index contributed by atoms with van der Waals surface area (Å²) in [7, 11) is 0. The number of likely N-dealkylation sites (tertiary alicyclic amines) is 1. The Balaban J connectivity index is 0.00000280. The van der Waals surface area contributed by atoms with Crippen molar-refractivity contribution in [1.82, 2.24) is 15.1 Å². The highest BCUT2D eigenvalue weighted by molar-refractivity contribution is 14.0. The molecule has 2 saturated heterocycles. The molecule has 1 aromatic carbocycles. The minimum atomic E-state index is 0. The summed E-state index contributed by atoms with van der Waals surface area (Å²) in [6, 6.07) is 7.50. The van der Waals surface area contributed by atoms with Crippen LogP contribution in [0.2, 0.25) is 0 Å². The number of nitrogens with zero attached hydrogens (tertiary/aromatic N) is 4. The summed E-state index contributed by atoms with van der Waals surface area (Å²) >= 11 is 0. The van der Waals surface area contributed by atoms with Crippen molar-refractivity contribution in [1.29, 1.82) is 0 Å². The third-order valence-electron chi connectivity index (χ3n) is 5.16. The number of anilines is 1. The number of piperazine rings is 1. The van der Waals surface area contributed by atoms with Crippen molar-refractivity contribution in [2.75, 3.05) is 57.3 Å². The monoisotopic (exact) mass is 501 g/mol. The van der Waals surface area contributed by atoms with Crippen LogP contribution in [0.5, 0.6) is 5.75 Å². The Morgan fingerprint density at radius 3 is 2.57 bits per heavy atom. The van der Waals surface area contributed by atoms with E-state index in [0.717, 1.165) is 76.8 Å². The molecule has 2 heterocycles. The number of halogens is 1. The molecule has 0 bridgehead atoms. The molecule has 3 rings (SSSR count). The van der Waals surface area contributed by atoms with Gasteiger partial charge in [0.05, 0.1) is 5.69 Å². The number of guanidine groups is 1. The number of phenols is 1. The minimum absolute atomic E-state index is 0. The molecular formula is C20H32IN5O2. The van der Waals surface area contributed by atoms with Crippen molar-refractivity contribution in [3.8, 4) is 5.75 Å². The molecular weight excluding hydrogens is 469 g/mol. The van der Waals surface area contributed by atoms with E-state index in [1.807, 2.05) is 23.1 Å². The Labute approximate surface area is 184 Å². The topological polar surface area (TPSA) is 71.4 Å². The summed E-state index contributed by atoms with van der Waals surface area (Å²) in [6.07, 6.45) is 2.59. The largest absolute Gasteiger partial charge is 0.506 e. The Hall–Kier alpha value is -1.71. The summed E-state index contributed by atoms with van der Waals surface area (Å²) in [5, 5.41) is 13.4. The molecule has 28 heavy (non-hydrogen) atoms. The SMILES string of the molecule is CCNC(=NCCCN1CCCC1=O)N1CCN(c2ccccc2O)CC1.I. The average molecular weight is 501 g/mol. The van der Waals surface area contributed by atoms with Gasteiger partial charge >= 0.3 is 0 Å². The molecule has 2 aliphatic rings. The van der Waals surface area contributed by atoms with Gasteiger partial charge in [-0.15, -0.1) is 24.0 Å². The van der Waals surface area contributed by atoms with Crippen LogP contribution in [0.15, 0.2) is 29.3 Å². The molecule has 0 atom stereocenters. The maximum absolute atomic E-state index is 11.7. The van der Waals surface area contributed by atoms with Gasteiger partial charge in [-0.05, 0) is 31.9 Å². The molecule has 0 spiro atoms. The predicted octanol–water partition coefficient (Wildman–Crippen LogP) is 2.11. The van der Waals surface area contributed by atoms with Crippen LogP contribution in [0, 0.1) is 0 Å². The maximum Gasteiger partial charge on any atom is 0.222 e. The van der Waals surface area contributed by atoms with Crippen LogP contribution in [0.25, 0.3) is 0 Å². The van der Waals surface area contributed by atoms with Gasteiger partial charge < -0.3 is 25.1 Å². The van der Waals surface area contributed by atoms with Gasteiger partial charge in [0.1, 0.15) is 5.75 Å². The molecule has 7 nitrogen and oxygen atoms in total. The van der Waals surface area contributed by atoms with E-state index in [1.54, 1.807) is 6.07 Å². The summed E-state index contributed by atoms with van der Waals surface area (Å²) in [6.45, 7) is 8.79. The second-order valence-corrected chi connectivity index (χ2v) is 7.04. The normalized spacial score (nSPS) is 17.7. The van der Waals surface area contributed by atoms with Crippen LogP contribution in [0.3, 0.4) is 0 Å². The average Bonchev–Trinajstić information content (AvgIpc) is 3.10. The molecule has 156 valence electrons.